The predicted octanol–water partition coefficient (Wildman–Crippen LogP) is 4.42. The molecule has 0 saturated carbocycles. The molecular formula is C20H19ClF3NO3. The standard InChI is InChI=1S/C20H19ClF3NO3/c21-17-6-4-15(5-7-17)19(26)25-8-9-28-18(11-25)13-27-12-14-2-1-3-16(10-14)20(22,23)24/h1-7,10,18H,8-9,11-13H2. The maximum Gasteiger partial charge on any atom is 0.416 e. The number of carbonyl (C=O) groups is 1. The summed E-state index contributed by atoms with van der Waals surface area (Å²) in [7, 11) is 0. The fourth-order valence-corrected chi connectivity index (χ4v) is 3.05. The minimum absolute atomic E-state index is 0.0366. The van der Waals surface area contributed by atoms with Crippen LogP contribution in [0.25, 0.3) is 0 Å². The van der Waals surface area contributed by atoms with E-state index >= 15 is 0 Å². The van der Waals surface area contributed by atoms with Gasteiger partial charge in [0.15, 0.2) is 0 Å². The highest BCUT2D eigenvalue weighted by atomic mass is 35.5. The van der Waals surface area contributed by atoms with Crippen molar-refractivity contribution in [3.05, 3.63) is 70.2 Å². The van der Waals surface area contributed by atoms with Crippen LogP contribution in [0.3, 0.4) is 0 Å². The Morgan fingerprint density at radius 2 is 1.96 bits per heavy atom. The van der Waals surface area contributed by atoms with Crippen molar-refractivity contribution in [2.24, 2.45) is 0 Å². The van der Waals surface area contributed by atoms with Gasteiger partial charge < -0.3 is 14.4 Å². The van der Waals surface area contributed by atoms with Crippen LogP contribution in [0.15, 0.2) is 48.5 Å². The molecule has 1 heterocycles. The van der Waals surface area contributed by atoms with Gasteiger partial charge in [-0.1, -0.05) is 23.7 Å². The Kier molecular flexibility index (Phi) is 6.59. The largest absolute Gasteiger partial charge is 0.416 e. The summed E-state index contributed by atoms with van der Waals surface area (Å²) < 4.78 is 49.4. The van der Waals surface area contributed by atoms with Gasteiger partial charge in [-0.15, -0.1) is 0 Å². The van der Waals surface area contributed by atoms with Gasteiger partial charge in [-0.25, -0.2) is 0 Å². The molecule has 1 fully saturated rings. The van der Waals surface area contributed by atoms with Gasteiger partial charge in [0.25, 0.3) is 5.91 Å². The smallest absolute Gasteiger partial charge is 0.374 e. The van der Waals surface area contributed by atoms with Gasteiger partial charge in [0, 0.05) is 23.7 Å². The number of hydrogen-bond acceptors (Lipinski definition) is 3. The lowest BCUT2D eigenvalue weighted by Gasteiger charge is -2.33. The average molecular weight is 414 g/mol. The molecule has 1 aliphatic heterocycles. The van der Waals surface area contributed by atoms with Gasteiger partial charge in [0.1, 0.15) is 0 Å². The van der Waals surface area contributed by atoms with Gasteiger partial charge in [-0.05, 0) is 42.0 Å². The van der Waals surface area contributed by atoms with E-state index in [4.69, 9.17) is 21.1 Å². The number of ether oxygens (including phenoxy) is 2. The normalized spacial score (nSPS) is 17.6. The number of carbonyl (C=O) groups excluding carboxylic acids is 1. The molecule has 28 heavy (non-hydrogen) atoms. The van der Waals surface area contributed by atoms with Crippen molar-refractivity contribution in [2.45, 2.75) is 18.9 Å². The molecular weight excluding hydrogens is 395 g/mol. The molecule has 0 bridgehead atoms. The van der Waals surface area contributed by atoms with Crippen molar-refractivity contribution >= 4 is 17.5 Å². The van der Waals surface area contributed by atoms with Crippen LogP contribution in [0.5, 0.6) is 0 Å². The first-order chi connectivity index (χ1) is 13.3. The van der Waals surface area contributed by atoms with Crippen molar-refractivity contribution in [1.82, 2.24) is 4.90 Å². The van der Waals surface area contributed by atoms with Crippen LogP contribution >= 0.6 is 11.6 Å². The molecule has 2 aromatic rings. The highest BCUT2D eigenvalue weighted by Gasteiger charge is 2.30. The van der Waals surface area contributed by atoms with Crippen molar-refractivity contribution in [1.29, 1.82) is 0 Å². The minimum atomic E-state index is -4.38. The molecule has 1 aliphatic rings. The fraction of sp³-hybridized carbons (Fsp3) is 0.350. The Hall–Kier alpha value is -2.09. The summed E-state index contributed by atoms with van der Waals surface area (Å²) >= 11 is 5.84. The predicted molar refractivity (Wildman–Crippen MR) is 98.2 cm³/mol. The second-order valence-corrected chi connectivity index (χ2v) is 6.90. The van der Waals surface area contributed by atoms with E-state index in [9.17, 15) is 18.0 Å². The molecule has 1 unspecified atom stereocenters. The van der Waals surface area contributed by atoms with Crippen LogP contribution in [0.2, 0.25) is 5.02 Å². The minimum Gasteiger partial charge on any atom is -0.374 e. The quantitative estimate of drug-likeness (QED) is 0.728. The maximum absolute atomic E-state index is 12.8. The van der Waals surface area contributed by atoms with E-state index in [-0.39, 0.29) is 25.2 Å². The summed E-state index contributed by atoms with van der Waals surface area (Å²) in [4.78, 5) is 14.2. The Morgan fingerprint density at radius 1 is 1.21 bits per heavy atom. The third-order valence-electron chi connectivity index (χ3n) is 4.34. The van der Waals surface area contributed by atoms with Crippen LogP contribution in [-0.4, -0.2) is 43.2 Å². The molecule has 3 rings (SSSR count). The number of alkyl halides is 3. The van der Waals surface area contributed by atoms with Crippen molar-refractivity contribution in [3.8, 4) is 0 Å². The second-order valence-electron chi connectivity index (χ2n) is 6.46. The van der Waals surface area contributed by atoms with Crippen LogP contribution in [0.4, 0.5) is 13.2 Å². The summed E-state index contributed by atoms with van der Waals surface area (Å²) in [5, 5.41) is 0.555. The Balaban J connectivity index is 1.51. The van der Waals surface area contributed by atoms with Crippen LogP contribution in [0, 0.1) is 0 Å². The van der Waals surface area contributed by atoms with E-state index in [1.165, 1.54) is 6.07 Å². The van der Waals surface area contributed by atoms with Gasteiger partial charge in [-0.2, -0.15) is 13.2 Å². The molecule has 150 valence electrons. The Morgan fingerprint density at radius 3 is 2.68 bits per heavy atom. The summed E-state index contributed by atoms with van der Waals surface area (Å²) in [6.45, 7) is 1.40. The summed E-state index contributed by atoms with van der Waals surface area (Å²) in [5.74, 6) is -0.122. The van der Waals surface area contributed by atoms with Crippen molar-refractivity contribution < 1.29 is 27.4 Å². The first-order valence-corrected chi connectivity index (χ1v) is 9.11. The summed E-state index contributed by atoms with van der Waals surface area (Å²) in [6.07, 6.45) is -4.72. The highest BCUT2D eigenvalue weighted by molar-refractivity contribution is 6.30. The Bertz CT molecular complexity index is 811. The van der Waals surface area contributed by atoms with Gasteiger partial charge in [0.05, 0.1) is 31.5 Å². The zero-order valence-electron chi connectivity index (χ0n) is 14.9. The van der Waals surface area contributed by atoms with E-state index in [2.05, 4.69) is 0 Å². The van der Waals surface area contributed by atoms with E-state index in [1.54, 1.807) is 35.2 Å². The molecule has 2 aromatic carbocycles. The molecule has 0 aliphatic carbocycles. The summed E-state index contributed by atoms with van der Waals surface area (Å²) in [5.41, 5.74) is 0.261. The van der Waals surface area contributed by atoms with Gasteiger partial charge in [-0.3, -0.25) is 4.79 Å². The molecule has 4 nitrogen and oxygen atoms in total. The molecule has 0 N–H and O–H groups in total. The molecule has 8 heteroatoms. The fourth-order valence-electron chi connectivity index (χ4n) is 2.93. The first-order valence-electron chi connectivity index (χ1n) is 8.73. The van der Waals surface area contributed by atoms with Crippen LogP contribution < -0.4 is 0 Å². The van der Waals surface area contributed by atoms with E-state index in [0.29, 0.717) is 35.8 Å². The van der Waals surface area contributed by atoms with E-state index < -0.39 is 11.7 Å². The van der Waals surface area contributed by atoms with Crippen LogP contribution in [0.1, 0.15) is 21.5 Å². The number of nitrogens with zero attached hydrogens (tertiary/aromatic N) is 1. The number of rotatable bonds is 5. The van der Waals surface area contributed by atoms with Crippen LogP contribution in [-0.2, 0) is 22.3 Å². The first kappa shape index (κ1) is 20.6. The zero-order valence-corrected chi connectivity index (χ0v) is 15.7. The Labute approximate surface area is 165 Å². The zero-order chi connectivity index (χ0) is 20.1. The number of morpholine rings is 1. The second kappa shape index (κ2) is 8.94. The number of hydrogen-bond donors (Lipinski definition) is 0. The lowest BCUT2D eigenvalue weighted by atomic mass is 10.1. The van der Waals surface area contributed by atoms with Gasteiger partial charge in [0.2, 0.25) is 0 Å². The number of halogens is 4. The summed E-state index contributed by atoms with van der Waals surface area (Å²) in [6, 6.07) is 11.7. The average Bonchev–Trinajstić information content (AvgIpc) is 2.68. The maximum atomic E-state index is 12.8. The third-order valence-corrected chi connectivity index (χ3v) is 4.60. The topological polar surface area (TPSA) is 38.8 Å². The monoisotopic (exact) mass is 413 g/mol. The van der Waals surface area contributed by atoms with E-state index in [1.807, 2.05) is 0 Å². The van der Waals surface area contributed by atoms with Crippen molar-refractivity contribution in [2.75, 3.05) is 26.3 Å². The number of benzene rings is 2. The highest BCUT2D eigenvalue weighted by Crippen LogP contribution is 2.29. The molecule has 0 aromatic heterocycles. The SMILES string of the molecule is O=C(c1ccc(Cl)cc1)N1CCOC(COCc2cccc(C(F)(F)F)c2)C1. The molecule has 1 amide bonds. The third kappa shape index (κ3) is 5.47. The molecule has 1 saturated heterocycles. The molecule has 0 spiro atoms. The lowest BCUT2D eigenvalue weighted by molar-refractivity contribution is -0.137. The molecule has 0 radical (unpaired) electrons. The lowest BCUT2D eigenvalue weighted by Crippen LogP contribution is -2.47. The van der Waals surface area contributed by atoms with Gasteiger partial charge >= 0.3 is 6.18 Å². The number of amides is 1. The molecule has 1 atom stereocenters. The van der Waals surface area contributed by atoms with Crippen molar-refractivity contribution in [3.63, 3.8) is 0 Å². The van der Waals surface area contributed by atoms with E-state index in [0.717, 1.165) is 12.1 Å².